The fraction of sp³-hybridized carbons (Fsp3) is 0.583. The molecule has 1 saturated heterocycles. The number of piperidine rings is 1. The van der Waals surface area contributed by atoms with Gasteiger partial charge in [0.05, 0.1) is 5.60 Å². The molecule has 0 aliphatic carbocycles. The predicted octanol–water partition coefficient (Wildman–Crippen LogP) is 0.565. The van der Waals surface area contributed by atoms with Crippen molar-refractivity contribution in [2.75, 3.05) is 20.2 Å². The van der Waals surface area contributed by atoms with Crippen molar-refractivity contribution in [2.45, 2.75) is 30.3 Å². The highest BCUT2D eigenvalue weighted by Gasteiger charge is 2.37. The number of nitrogens with one attached hydrogen (secondary N) is 1. The van der Waals surface area contributed by atoms with Crippen LogP contribution >= 0.6 is 0 Å². The summed E-state index contributed by atoms with van der Waals surface area (Å²) in [6.45, 7) is 2.56. The van der Waals surface area contributed by atoms with Crippen LogP contribution in [0.25, 0.3) is 0 Å². The van der Waals surface area contributed by atoms with Crippen LogP contribution in [0.4, 0.5) is 0 Å². The van der Waals surface area contributed by atoms with Crippen LogP contribution in [0.15, 0.2) is 28.2 Å². The predicted molar refractivity (Wildman–Crippen MR) is 70.5 cm³/mol. The minimum atomic E-state index is -3.76. The van der Waals surface area contributed by atoms with E-state index >= 15 is 0 Å². The molecule has 1 aliphatic heterocycles. The lowest BCUT2D eigenvalue weighted by molar-refractivity contribution is -0.0319. The first-order valence-corrected chi connectivity index (χ1v) is 7.55. The molecular weight excluding hydrogens is 268 g/mol. The van der Waals surface area contributed by atoms with E-state index in [2.05, 4.69) is 4.98 Å². The maximum absolute atomic E-state index is 12.5. The van der Waals surface area contributed by atoms with Crippen LogP contribution in [-0.2, 0) is 14.8 Å². The Morgan fingerprint density at radius 1 is 1.47 bits per heavy atom. The molecule has 1 unspecified atom stereocenters. The van der Waals surface area contributed by atoms with Crippen LogP contribution in [0.2, 0.25) is 0 Å². The van der Waals surface area contributed by atoms with Gasteiger partial charge in [-0.15, -0.1) is 0 Å². The van der Waals surface area contributed by atoms with Crippen molar-refractivity contribution < 1.29 is 13.2 Å². The Morgan fingerprint density at radius 3 is 2.84 bits per heavy atom. The molecular formula is C12H18N2O4S. The second-order valence-corrected chi connectivity index (χ2v) is 6.88. The van der Waals surface area contributed by atoms with Crippen molar-refractivity contribution in [3.05, 3.63) is 28.7 Å². The molecule has 0 amide bonds. The van der Waals surface area contributed by atoms with Crippen molar-refractivity contribution in [1.82, 2.24) is 9.29 Å². The highest BCUT2D eigenvalue weighted by Crippen LogP contribution is 2.27. The van der Waals surface area contributed by atoms with E-state index in [1.54, 1.807) is 7.11 Å². The summed E-state index contributed by atoms with van der Waals surface area (Å²) >= 11 is 0. The lowest BCUT2D eigenvalue weighted by Gasteiger charge is -2.38. The zero-order valence-electron chi connectivity index (χ0n) is 11.0. The molecule has 0 aromatic carbocycles. The van der Waals surface area contributed by atoms with E-state index < -0.39 is 21.1 Å². The Balaban J connectivity index is 2.36. The van der Waals surface area contributed by atoms with E-state index in [-0.39, 0.29) is 11.4 Å². The second kappa shape index (κ2) is 5.07. The van der Waals surface area contributed by atoms with E-state index in [4.69, 9.17) is 4.74 Å². The Hall–Kier alpha value is -1.18. The third-order valence-electron chi connectivity index (χ3n) is 3.52. The molecule has 1 aromatic rings. The van der Waals surface area contributed by atoms with Gasteiger partial charge in [0.15, 0.2) is 0 Å². The van der Waals surface area contributed by atoms with Gasteiger partial charge < -0.3 is 9.72 Å². The molecule has 0 radical (unpaired) electrons. The number of nitrogens with zero attached hydrogens (tertiary/aromatic N) is 1. The van der Waals surface area contributed by atoms with Gasteiger partial charge in [-0.3, -0.25) is 4.79 Å². The number of aromatic nitrogens is 1. The van der Waals surface area contributed by atoms with Gasteiger partial charge in [0.25, 0.3) is 0 Å². The van der Waals surface area contributed by atoms with E-state index in [1.807, 2.05) is 6.92 Å². The number of sulfonamides is 1. The number of aromatic amines is 1. The number of H-pyrrole nitrogens is 1. The molecule has 2 rings (SSSR count). The molecule has 1 atom stereocenters. The Morgan fingerprint density at radius 2 is 2.21 bits per heavy atom. The first-order chi connectivity index (χ1) is 8.89. The maximum Gasteiger partial charge on any atom is 0.248 e. The molecule has 6 nitrogen and oxygen atoms in total. The van der Waals surface area contributed by atoms with Gasteiger partial charge >= 0.3 is 0 Å². The second-order valence-electron chi connectivity index (χ2n) is 4.97. The van der Waals surface area contributed by atoms with Gasteiger partial charge in [-0.1, -0.05) is 0 Å². The SMILES string of the molecule is COC1(C)CCCN(S(=O)(=O)c2c[nH]ccc2=O)C1. The molecule has 1 N–H and O–H groups in total. The summed E-state index contributed by atoms with van der Waals surface area (Å²) in [6, 6.07) is 1.21. The molecule has 0 saturated carbocycles. The lowest BCUT2D eigenvalue weighted by Crippen LogP contribution is -2.50. The average molecular weight is 286 g/mol. The summed E-state index contributed by atoms with van der Waals surface area (Å²) in [5, 5.41) is 0. The van der Waals surface area contributed by atoms with Gasteiger partial charge in [0, 0.05) is 38.7 Å². The van der Waals surface area contributed by atoms with E-state index in [0.717, 1.165) is 6.42 Å². The molecule has 0 bridgehead atoms. The number of hydrogen-bond donors (Lipinski definition) is 1. The standard InChI is InChI=1S/C12H18N2O4S/c1-12(18-2)5-3-7-14(9-12)19(16,17)11-8-13-6-4-10(11)15/h4,6,8H,3,5,7,9H2,1-2H3,(H,13,15). The first kappa shape index (κ1) is 14.2. The van der Waals surface area contributed by atoms with Gasteiger partial charge in [0.2, 0.25) is 15.5 Å². The largest absolute Gasteiger partial charge is 0.377 e. The number of ether oxygens (including phenoxy) is 1. The number of methoxy groups -OCH3 is 1. The summed E-state index contributed by atoms with van der Waals surface area (Å²) in [5.74, 6) is 0. The smallest absolute Gasteiger partial charge is 0.248 e. The highest BCUT2D eigenvalue weighted by atomic mass is 32.2. The molecule has 106 valence electrons. The zero-order valence-corrected chi connectivity index (χ0v) is 11.9. The molecule has 2 heterocycles. The Kier molecular flexibility index (Phi) is 3.80. The van der Waals surface area contributed by atoms with Gasteiger partial charge in [0.1, 0.15) is 4.90 Å². The van der Waals surface area contributed by atoms with Crippen LogP contribution in [0.5, 0.6) is 0 Å². The zero-order chi connectivity index (χ0) is 14.1. The minimum Gasteiger partial charge on any atom is -0.377 e. The third kappa shape index (κ3) is 2.72. The number of pyridine rings is 1. The van der Waals surface area contributed by atoms with Crippen molar-refractivity contribution >= 4 is 10.0 Å². The first-order valence-electron chi connectivity index (χ1n) is 6.11. The summed E-state index contributed by atoms with van der Waals surface area (Å²) in [4.78, 5) is 14.1. The van der Waals surface area contributed by atoms with Crippen LogP contribution in [0, 0.1) is 0 Å². The van der Waals surface area contributed by atoms with Crippen LogP contribution < -0.4 is 5.43 Å². The fourth-order valence-corrected chi connectivity index (χ4v) is 3.90. The minimum absolute atomic E-state index is 0.213. The number of hydrogen-bond acceptors (Lipinski definition) is 4. The lowest BCUT2D eigenvalue weighted by atomic mass is 9.96. The van der Waals surface area contributed by atoms with Crippen molar-refractivity contribution in [3.8, 4) is 0 Å². The maximum atomic E-state index is 12.5. The van der Waals surface area contributed by atoms with Crippen LogP contribution in [0.1, 0.15) is 19.8 Å². The quantitative estimate of drug-likeness (QED) is 0.880. The van der Waals surface area contributed by atoms with Crippen molar-refractivity contribution in [3.63, 3.8) is 0 Å². The van der Waals surface area contributed by atoms with Crippen molar-refractivity contribution in [1.29, 1.82) is 0 Å². The molecule has 1 aliphatic rings. The third-order valence-corrected chi connectivity index (χ3v) is 5.39. The average Bonchev–Trinajstić information content (AvgIpc) is 2.39. The topological polar surface area (TPSA) is 79.5 Å². The highest BCUT2D eigenvalue weighted by molar-refractivity contribution is 7.89. The molecule has 1 aromatic heterocycles. The van der Waals surface area contributed by atoms with Gasteiger partial charge in [-0.2, -0.15) is 4.31 Å². The van der Waals surface area contributed by atoms with E-state index in [1.165, 1.54) is 22.8 Å². The summed E-state index contributed by atoms with van der Waals surface area (Å²) in [7, 11) is -2.19. The van der Waals surface area contributed by atoms with Crippen molar-refractivity contribution in [2.24, 2.45) is 0 Å². The van der Waals surface area contributed by atoms with Gasteiger partial charge in [-0.25, -0.2) is 8.42 Å². The van der Waals surface area contributed by atoms with E-state index in [0.29, 0.717) is 13.0 Å². The summed E-state index contributed by atoms with van der Waals surface area (Å²) in [6.07, 6.45) is 4.17. The summed E-state index contributed by atoms with van der Waals surface area (Å²) < 4.78 is 31.6. The Labute approximate surface area is 112 Å². The fourth-order valence-electron chi connectivity index (χ4n) is 2.27. The van der Waals surface area contributed by atoms with Gasteiger partial charge in [-0.05, 0) is 19.8 Å². The normalized spacial score (nSPS) is 25.4. The molecule has 1 fully saturated rings. The van der Waals surface area contributed by atoms with Crippen LogP contribution in [0.3, 0.4) is 0 Å². The molecule has 19 heavy (non-hydrogen) atoms. The Bertz CT molecular complexity index is 610. The molecule has 7 heteroatoms. The summed E-state index contributed by atoms with van der Waals surface area (Å²) in [5.41, 5.74) is -0.990. The number of rotatable bonds is 3. The van der Waals surface area contributed by atoms with E-state index in [9.17, 15) is 13.2 Å². The monoisotopic (exact) mass is 286 g/mol. The van der Waals surface area contributed by atoms with Crippen LogP contribution in [-0.4, -0.2) is 43.5 Å². The molecule has 0 spiro atoms.